The number of methoxy groups -OCH3 is 1. The molecule has 1 aliphatic carbocycles. The van der Waals surface area contributed by atoms with Crippen LogP contribution in [0.1, 0.15) is 32.8 Å². The van der Waals surface area contributed by atoms with Crippen LogP contribution < -0.4 is 10.6 Å². The maximum absolute atomic E-state index is 5.50. The van der Waals surface area contributed by atoms with Gasteiger partial charge in [-0.25, -0.2) is 4.99 Å². The van der Waals surface area contributed by atoms with Crippen LogP contribution in [0.4, 0.5) is 0 Å². The highest BCUT2D eigenvalue weighted by molar-refractivity contribution is 14.0. The van der Waals surface area contributed by atoms with Crippen LogP contribution in [-0.4, -0.2) is 36.3 Å². The SMILES string of the molecule is CCNC(=NCc1ccn(C)c1)NC1CC(OC)C1(C)C.I. The number of ether oxygens (including phenoxy) is 1. The molecule has 2 atom stereocenters. The lowest BCUT2D eigenvalue weighted by Gasteiger charge is -2.51. The summed E-state index contributed by atoms with van der Waals surface area (Å²) in [5.41, 5.74) is 1.36. The second kappa shape index (κ2) is 8.19. The molecule has 1 aromatic rings. The Bertz CT molecular complexity index is 498. The van der Waals surface area contributed by atoms with E-state index < -0.39 is 0 Å². The van der Waals surface area contributed by atoms with Crippen LogP contribution in [0.5, 0.6) is 0 Å². The van der Waals surface area contributed by atoms with Crippen molar-refractivity contribution in [2.45, 2.75) is 45.9 Å². The fraction of sp³-hybridized carbons (Fsp3) is 0.688. The second-order valence-corrected chi connectivity index (χ2v) is 6.36. The van der Waals surface area contributed by atoms with Gasteiger partial charge in [-0.2, -0.15) is 0 Å². The van der Waals surface area contributed by atoms with Crippen molar-refractivity contribution in [2.24, 2.45) is 17.5 Å². The van der Waals surface area contributed by atoms with E-state index in [-0.39, 0.29) is 29.4 Å². The predicted octanol–water partition coefficient (Wildman–Crippen LogP) is 2.51. The minimum atomic E-state index is 0. The molecular formula is C16H29IN4O. The van der Waals surface area contributed by atoms with Gasteiger partial charge in [0.2, 0.25) is 0 Å². The zero-order valence-corrected chi connectivity index (χ0v) is 16.5. The second-order valence-electron chi connectivity index (χ2n) is 6.36. The van der Waals surface area contributed by atoms with Gasteiger partial charge in [0.25, 0.3) is 0 Å². The van der Waals surface area contributed by atoms with Crippen molar-refractivity contribution >= 4 is 29.9 Å². The van der Waals surface area contributed by atoms with E-state index in [1.165, 1.54) is 5.56 Å². The van der Waals surface area contributed by atoms with Gasteiger partial charge in [-0.15, -0.1) is 24.0 Å². The Labute approximate surface area is 150 Å². The summed E-state index contributed by atoms with van der Waals surface area (Å²) >= 11 is 0. The summed E-state index contributed by atoms with van der Waals surface area (Å²) in [6.45, 7) is 8.12. The first-order chi connectivity index (χ1) is 9.97. The van der Waals surface area contributed by atoms with Crippen LogP contribution in [0.15, 0.2) is 23.5 Å². The molecule has 0 saturated heterocycles. The molecule has 1 aromatic heterocycles. The molecule has 0 spiro atoms. The Morgan fingerprint density at radius 1 is 1.50 bits per heavy atom. The summed E-state index contributed by atoms with van der Waals surface area (Å²) in [4.78, 5) is 4.68. The molecule has 1 aliphatic rings. The number of aliphatic imine (C=N–C) groups is 1. The summed E-state index contributed by atoms with van der Waals surface area (Å²) < 4.78 is 7.55. The molecule has 2 unspecified atom stereocenters. The summed E-state index contributed by atoms with van der Waals surface area (Å²) in [5.74, 6) is 0.883. The van der Waals surface area contributed by atoms with Gasteiger partial charge in [0, 0.05) is 44.6 Å². The highest BCUT2D eigenvalue weighted by Gasteiger charge is 2.48. The van der Waals surface area contributed by atoms with Gasteiger partial charge in [0.15, 0.2) is 5.96 Å². The average Bonchev–Trinajstić information content (AvgIpc) is 2.85. The summed E-state index contributed by atoms with van der Waals surface area (Å²) in [7, 11) is 3.82. The first-order valence-corrected chi connectivity index (χ1v) is 7.65. The Kier molecular flexibility index (Phi) is 7.18. The Balaban J connectivity index is 0.00000242. The fourth-order valence-electron chi connectivity index (χ4n) is 2.84. The molecule has 0 bridgehead atoms. The number of guanidine groups is 1. The predicted molar refractivity (Wildman–Crippen MR) is 102 cm³/mol. The largest absolute Gasteiger partial charge is 0.381 e. The lowest BCUT2D eigenvalue weighted by Crippen LogP contribution is -2.63. The van der Waals surface area contributed by atoms with E-state index in [1.807, 2.05) is 17.8 Å². The lowest BCUT2D eigenvalue weighted by atomic mass is 9.64. The molecule has 22 heavy (non-hydrogen) atoms. The maximum atomic E-state index is 5.50. The van der Waals surface area contributed by atoms with Gasteiger partial charge in [-0.05, 0) is 25.0 Å². The van der Waals surface area contributed by atoms with Gasteiger partial charge in [-0.3, -0.25) is 0 Å². The first-order valence-electron chi connectivity index (χ1n) is 7.65. The number of halogens is 1. The molecule has 5 nitrogen and oxygen atoms in total. The standard InChI is InChI=1S/C16H28N4O.HI/c1-6-17-15(18-10-12-7-8-20(4)11-12)19-13-9-14(21-5)16(13,2)3;/h7-8,11,13-14H,6,9-10H2,1-5H3,(H2,17,18,19);1H. The monoisotopic (exact) mass is 420 g/mol. The highest BCUT2D eigenvalue weighted by atomic mass is 127. The van der Waals surface area contributed by atoms with Crippen molar-refractivity contribution in [3.8, 4) is 0 Å². The Hall–Kier alpha value is -0.760. The molecule has 2 N–H and O–H groups in total. The number of rotatable bonds is 5. The fourth-order valence-corrected chi connectivity index (χ4v) is 2.84. The molecule has 0 aromatic carbocycles. The summed E-state index contributed by atoms with van der Waals surface area (Å²) in [5, 5.41) is 6.86. The molecule has 2 rings (SSSR count). The van der Waals surface area contributed by atoms with Crippen LogP contribution in [0.2, 0.25) is 0 Å². The molecule has 6 heteroatoms. The number of hydrogen-bond acceptors (Lipinski definition) is 2. The van der Waals surface area contributed by atoms with Crippen molar-refractivity contribution in [2.75, 3.05) is 13.7 Å². The van der Waals surface area contributed by atoms with Crippen molar-refractivity contribution < 1.29 is 4.74 Å². The van der Waals surface area contributed by atoms with E-state index in [9.17, 15) is 0 Å². The minimum Gasteiger partial charge on any atom is -0.381 e. The zero-order chi connectivity index (χ0) is 15.5. The maximum Gasteiger partial charge on any atom is 0.191 e. The number of aryl methyl sites for hydroxylation is 1. The number of nitrogens with one attached hydrogen (secondary N) is 2. The third-order valence-electron chi connectivity index (χ3n) is 4.43. The molecule has 1 saturated carbocycles. The Morgan fingerprint density at radius 3 is 2.73 bits per heavy atom. The van der Waals surface area contributed by atoms with Crippen LogP contribution in [-0.2, 0) is 18.3 Å². The van der Waals surface area contributed by atoms with E-state index in [1.54, 1.807) is 7.11 Å². The van der Waals surface area contributed by atoms with Crippen molar-refractivity contribution in [1.82, 2.24) is 15.2 Å². The van der Waals surface area contributed by atoms with Crippen LogP contribution >= 0.6 is 24.0 Å². The molecule has 126 valence electrons. The van der Waals surface area contributed by atoms with Crippen molar-refractivity contribution in [1.29, 1.82) is 0 Å². The van der Waals surface area contributed by atoms with Gasteiger partial charge in [0.05, 0.1) is 12.6 Å². The van der Waals surface area contributed by atoms with E-state index in [2.05, 4.69) is 48.7 Å². The van der Waals surface area contributed by atoms with Crippen molar-refractivity contribution in [3.05, 3.63) is 24.0 Å². The molecule has 0 aliphatic heterocycles. The lowest BCUT2D eigenvalue weighted by molar-refractivity contribution is -0.0922. The molecule has 0 amide bonds. The van der Waals surface area contributed by atoms with E-state index in [0.29, 0.717) is 18.7 Å². The molecule has 1 heterocycles. The summed E-state index contributed by atoms with van der Waals surface area (Å²) in [6, 6.07) is 2.50. The first kappa shape index (κ1) is 19.3. The molecule has 0 radical (unpaired) electrons. The van der Waals surface area contributed by atoms with Gasteiger partial charge in [-0.1, -0.05) is 13.8 Å². The van der Waals surface area contributed by atoms with E-state index >= 15 is 0 Å². The van der Waals surface area contributed by atoms with E-state index in [0.717, 1.165) is 18.9 Å². The smallest absolute Gasteiger partial charge is 0.191 e. The Morgan fingerprint density at radius 2 is 2.23 bits per heavy atom. The minimum absolute atomic E-state index is 0. The van der Waals surface area contributed by atoms with Gasteiger partial charge < -0.3 is 19.9 Å². The normalized spacial score (nSPS) is 23.4. The average molecular weight is 420 g/mol. The van der Waals surface area contributed by atoms with Crippen molar-refractivity contribution in [3.63, 3.8) is 0 Å². The topological polar surface area (TPSA) is 50.6 Å². The van der Waals surface area contributed by atoms with Gasteiger partial charge in [0.1, 0.15) is 0 Å². The quantitative estimate of drug-likeness (QED) is 0.437. The number of hydrogen-bond donors (Lipinski definition) is 2. The molecule has 1 fully saturated rings. The zero-order valence-electron chi connectivity index (χ0n) is 14.2. The van der Waals surface area contributed by atoms with Crippen LogP contribution in [0, 0.1) is 5.41 Å². The van der Waals surface area contributed by atoms with Crippen LogP contribution in [0.25, 0.3) is 0 Å². The third kappa shape index (κ3) is 4.38. The summed E-state index contributed by atoms with van der Waals surface area (Å²) in [6.07, 6.45) is 5.50. The van der Waals surface area contributed by atoms with Crippen LogP contribution in [0.3, 0.4) is 0 Å². The highest BCUT2D eigenvalue weighted by Crippen LogP contribution is 2.42. The van der Waals surface area contributed by atoms with E-state index in [4.69, 9.17) is 4.74 Å². The van der Waals surface area contributed by atoms with Gasteiger partial charge >= 0.3 is 0 Å². The molecular weight excluding hydrogens is 391 g/mol. The number of nitrogens with zero attached hydrogens (tertiary/aromatic N) is 2. The number of aromatic nitrogens is 1. The third-order valence-corrected chi connectivity index (χ3v) is 4.43.